The lowest BCUT2D eigenvalue weighted by atomic mass is 9.99. The smallest absolute Gasteiger partial charge is 0.335 e. The van der Waals surface area contributed by atoms with Gasteiger partial charge in [0, 0.05) is 18.3 Å². The zero-order chi connectivity index (χ0) is 22.8. The van der Waals surface area contributed by atoms with E-state index in [1.165, 1.54) is 16.3 Å². The van der Waals surface area contributed by atoms with E-state index in [-0.39, 0.29) is 30.1 Å². The molecule has 0 radical (unpaired) electrons. The average molecular weight is 475 g/mol. The maximum Gasteiger partial charge on any atom is 0.335 e. The van der Waals surface area contributed by atoms with E-state index in [9.17, 15) is 9.90 Å². The minimum absolute atomic E-state index is 0. The lowest BCUT2D eigenvalue weighted by Crippen LogP contribution is -2.44. The van der Waals surface area contributed by atoms with Gasteiger partial charge in [0.05, 0.1) is 17.8 Å². The quantitative estimate of drug-likeness (QED) is 0.348. The molecule has 1 heterocycles. The Hall–Kier alpha value is -3.54. The molecule has 0 spiro atoms. The van der Waals surface area contributed by atoms with Crippen LogP contribution in [0.15, 0.2) is 91.0 Å². The van der Waals surface area contributed by atoms with Crippen LogP contribution in [0.25, 0.3) is 10.8 Å². The third kappa shape index (κ3) is 4.72. The van der Waals surface area contributed by atoms with Crippen molar-refractivity contribution in [2.45, 2.75) is 19.1 Å². The summed E-state index contributed by atoms with van der Waals surface area (Å²) < 4.78 is 6.32. The molecule has 34 heavy (non-hydrogen) atoms. The van der Waals surface area contributed by atoms with Crippen molar-refractivity contribution in [2.75, 3.05) is 18.0 Å². The zero-order valence-corrected chi connectivity index (χ0v) is 19.7. The molecule has 1 aliphatic heterocycles. The third-order valence-corrected chi connectivity index (χ3v) is 6.20. The van der Waals surface area contributed by atoms with Crippen LogP contribution in [0.2, 0.25) is 0 Å². The van der Waals surface area contributed by atoms with Gasteiger partial charge in [0.1, 0.15) is 11.9 Å². The number of rotatable bonds is 6. The van der Waals surface area contributed by atoms with E-state index in [1.807, 2.05) is 36.4 Å². The number of carboxylic acids is 1. The molecule has 0 fully saturated rings. The van der Waals surface area contributed by atoms with Gasteiger partial charge in [-0.15, -0.1) is 12.4 Å². The second kappa shape index (κ2) is 10.2. The SMILES string of the molecule is C[C@@H](NCC1CN(c2ccc(C(=O)O)cc2)c2ccccc2O1)c1cccc2ccccc12.Cl. The first-order chi connectivity index (χ1) is 16.1. The van der Waals surface area contributed by atoms with Crippen molar-refractivity contribution in [3.05, 3.63) is 102 Å². The minimum atomic E-state index is -0.923. The van der Waals surface area contributed by atoms with Gasteiger partial charge in [-0.25, -0.2) is 4.79 Å². The lowest BCUT2D eigenvalue weighted by molar-refractivity contribution is 0.0697. The Morgan fingerprint density at radius 3 is 2.50 bits per heavy atom. The van der Waals surface area contributed by atoms with Crippen molar-refractivity contribution in [1.82, 2.24) is 5.32 Å². The number of halogens is 1. The molecule has 4 aromatic rings. The Bertz CT molecular complexity index is 1290. The van der Waals surface area contributed by atoms with Gasteiger partial charge in [0.25, 0.3) is 0 Å². The first-order valence-electron chi connectivity index (χ1n) is 11.2. The first-order valence-corrected chi connectivity index (χ1v) is 11.2. The molecule has 1 unspecified atom stereocenters. The van der Waals surface area contributed by atoms with Gasteiger partial charge < -0.3 is 20.1 Å². The second-order valence-electron chi connectivity index (χ2n) is 8.37. The van der Waals surface area contributed by atoms with Gasteiger partial charge in [0.15, 0.2) is 0 Å². The van der Waals surface area contributed by atoms with E-state index in [1.54, 1.807) is 12.1 Å². The Labute approximate surface area is 205 Å². The lowest BCUT2D eigenvalue weighted by Gasteiger charge is -2.37. The largest absolute Gasteiger partial charge is 0.485 e. The standard InChI is InChI=1S/C28H26N2O3.ClH/c1-19(24-10-6-8-20-7-2-3-9-25(20)24)29-17-23-18-30(26-11-4-5-12-27(26)33-23)22-15-13-21(14-16-22)28(31)32;/h2-16,19,23,29H,17-18H2,1H3,(H,31,32);1H/t19-,23?;/m1./s1. The molecule has 2 N–H and O–H groups in total. The van der Waals surface area contributed by atoms with Crippen LogP contribution in [0.4, 0.5) is 11.4 Å². The van der Waals surface area contributed by atoms with E-state index >= 15 is 0 Å². The summed E-state index contributed by atoms with van der Waals surface area (Å²) in [4.78, 5) is 13.4. The highest BCUT2D eigenvalue weighted by Gasteiger charge is 2.27. The fraction of sp³-hybridized carbons (Fsp3) is 0.179. The topological polar surface area (TPSA) is 61.8 Å². The number of carboxylic acid groups (broad SMARTS) is 1. The maximum atomic E-state index is 11.2. The predicted octanol–water partition coefficient (Wildman–Crippen LogP) is 6.21. The van der Waals surface area contributed by atoms with E-state index in [4.69, 9.17) is 4.74 Å². The van der Waals surface area contributed by atoms with Crippen LogP contribution in [0.1, 0.15) is 28.9 Å². The third-order valence-electron chi connectivity index (χ3n) is 6.20. The highest BCUT2D eigenvalue weighted by atomic mass is 35.5. The van der Waals surface area contributed by atoms with E-state index in [2.05, 4.69) is 59.6 Å². The number of para-hydroxylation sites is 2. The van der Waals surface area contributed by atoms with E-state index < -0.39 is 5.97 Å². The summed E-state index contributed by atoms with van der Waals surface area (Å²) in [5, 5.41) is 15.4. The Morgan fingerprint density at radius 1 is 1.00 bits per heavy atom. The summed E-state index contributed by atoms with van der Waals surface area (Å²) in [6.45, 7) is 3.53. The fourth-order valence-corrected chi connectivity index (χ4v) is 4.48. The van der Waals surface area contributed by atoms with Gasteiger partial charge in [0.2, 0.25) is 0 Å². The van der Waals surface area contributed by atoms with Crippen molar-refractivity contribution in [3.8, 4) is 5.75 Å². The number of nitrogens with one attached hydrogen (secondary N) is 1. The van der Waals surface area contributed by atoms with Gasteiger partial charge >= 0.3 is 5.97 Å². The molecular weight excluding hydrogens is 448 g/mol. The van der Waals surface area contributed by atoms with Crippen LogP contribution in [-0.2, 0) is 0 Å². The second-order valence-corrected chi connectivity index (χ2v) is 8.37. The number of nitrogens with zero attached hydrogens (tertiary/aromatic N) is 1. The highest BCUT2D eigenvalue weighted by molar-refractivity contribution is 5.88. The molecule has 5 rings (SSSR count). The van der Waals surface area contributed by atoms with Gasteiger partial charge in [-0.2, -0.15) is 0 Å². The molecule has 6 heteroatoms. The summed E-state index contributed by atoms with van der Waals surface area (Å²) in [5.74, 6) is -0.0934. The first kappa shape index (κ1) is 23.6. The zero-order valence-electron chi connectivity index (χ0n) is 18.8. The highest BCUT2D eigenvalue weighted by Crippen LogP contribution is 2.38. The van der Waals surface area contributed by atoms with Gasteiger partial charge in [-0.3, -0.25) is 0 Å². The van der Waals surface area contributed by atoms with E-state index in [0.29, 0.717) is 13.1 Å². The Morgan fingerprint density at radius 2 is 1.71 bits per heavy atom. The molecule has 1 aliphatic rings. The summed E-state index contributed by atoms with van der Waals surface area (Å²) in [7, 11) is 0. The monoisotopic (exact) mass is 474 g/mol. The summed E-state index contributed by atoms with van der Waals surface area (Å²) >= 11 is 0. The summed E-state index contributed by atoms with van der Waals surface area (Å²) in [6.07, 6.45) is -0.0588. The number of hydrogen-bond acceptors (Lipinski definition) is 4. The number of carbonyl (C=O) groups is 1. The molecular formula is C28H27ClN2O3. The molecule has 174 valence electrons. The maximum absolute atomic E-state index is 11.2. The number of ether oxygens (including phenoxy) is 1. The van der Waals surface area contributed by atoms with Crippen molar-refractivity contribution in [2.24, 2.45) is 0 Å². The number of hydrogen-bond donors (Lipinski definition) is 2. The Kier molecular flexibility index (Phi) is 7.06. The van der Waals surface area contributed by atoms with Crippen molar-refractivity contribution < 1.29 is 14.6 Å². The van der Waals surface area contributed by atoms with Crippen molar-refractivity contribution in [3.63, 3.8) is 0 Å². The van der Waals surface area contributed by atoms with Gasteiger partial charge in [-0.05, 0) is 59.7 Å². The number of aromatic carboxylic acids is 1. The Balaban J connectivity index is 0.00000274. The molecule has 0 bridgehead atoms. The molecule has 0 aromatic heterocycles. The van der Waals surface area contributed by atoms with Crippen LogP contribution >= 0.6 is 12.4 Å². The number of benzene rings is 4. The molecule has 0 amide bonds. The normalized spacial score (nSPS) is 15.7. The summed E-state index contributed by atoms with van der Waals surface area (Å²) in [6, 6.07) is 30.0. The molecule has 0 saturated heterocycles. The minimum Gasteiger partial charge on any atom is -0.485 e. The average Bonchev–Trinajstić information content (AvgIpc) is 2.86. The molecule has 4 aromatic carbocycles. The van der Waals surface area contributed by atoms with Crippen LogP contribution in [-0.4, -0.2) is 30.3 Å². The van der Waals surface area contributed by atoms with Crippen molar-refractivity contribution >= 4 is 40.5 Å². The molecule has 0 aliphatic carbocycles. The van der Waals surface area contributed by atoms with E-state index in [0.717, 1.165) is 17.1 Å². The molecule has 5 nitrogen and oxygen atoms in total. The summed E-state index contributed by atoms with van der Waals surface area (Å²) in [5.41, 5.74) is 3.48. The van der Waals surface area contributed by atoms with Gasteiger partial charge in [-0.1, -0.05) is 54.6 Å². The number of fused-ring (bicyclic) bond motifs is 2. The molecule has 0 saturated carbocycles. The van der Waals surface area contributed by atoms with Crippen molar-refractivity contribution in [1.29, 1.82) is 0 Å². The van der Waals surface area contributed by atoms with Crippen LogP contribution in [0.5, 0.6) is 5.75 Å². The van der Waals surface area contributed by atoms with Crippen LogP contribution < -0.4 is 15.0 Å². The van der Waals surface area contributed by atoms with Crippen LogP contribution in [0, 0.1) is 0 Å². The fourth-order valence-electron chi connectivity index (χ4n) is 4.48. The predicted molar refractivity (Wildman–Crippen MR) is 139 cm³/mol. The van der Waals surface area contributed by atoms with Crippen LogP contribution in [0.3, 0.4) is 0 Å². The molecule has 2 atom stereocenters. The number of anilines is 2.